The van der Waals surface area contributed by atoms with Crippen LogP contribution in [0.15, 0.2) is 24.3 Å². The summed E-state index contributed by atoms with van der Waals surface area (Å²) in [5, 5.41) is 0. The molecule has 1 atom stereocenters. The van der Waals surface area contributed by atoms with Crippen LogP contribution in [0, 0.1) is 5.82 Å². The van der Waals surface area contributed by atoms with Crippen LogP contribution in [0.3, 0.4) is 0 Å². The molecule has 1 aromatic carbocycles. The zero-order valence-electron chi connectivity index (χ0n) is 9.45. The Morgan fingerprint density at radius 1 is 1.50 bits per heavy atom. The smallest absolute Gasteiger partial charge is 0.257 e. The van der Waals surface area contributed by atoms with Gasteiger partial charge >= 0.3 is 0 Å². The van der Waals surface area contributed by atoms with Crippen molar-refractivity contribution >= 4 is 5.91 Å². The first-order chi connectivity index (χ1) is 7.74. The van der Waals surface area contributed by atoms with E-state index in [-0.39, 0.29) is 17.5 Å². The molecule has 1 aliphatic heterocycles. The predicted molar refractivity (Wildman–Crippen MR) is 60.7 cm³/mol. The molecule has 1 fully saturated rings. The van der Waals surface area contributed by atoms with Crippen molar-refractivity contribution in [2.45, 2.75) is 32.2 Å². The minimum absolute atomic E-state index is 0.164. The Morgan fingerprint density at radius 3 is 2.94 bits per heavy atom. The molecular formula is C13H16FNO. The average Bonchev–Trinajstić information content (AvgIpc) is 2.77. The highest BCUT2D eigenvalue weighted by Gasteiger charge is 2.29. The Hall–Kier alpha value is -1.38. The molecule has 0 spiro atoms. The van der Waals surface area contributed by atoms with E-state index >= 15 is 0 Å². The molecule has 0 aliphatic carbocycles. The van der Waals surface area contributed by atoms with Crippen LogP contribution >= 0.6 is 0 Å². The zero-order valence-corrected chi connectivity index (χ0v) is 9.45. The van der Waals surface area contributed by atoms with Gasteiger partial charge in [-0.15, -0.1) is 0 Å². The van der Waals surface area contributed by atoms with Gasteiger partial charge in [-0.1, -0.05) is 19.1 Å². The van der Waals surface area contributed by atoms with Crippen molar-refractivity contribution < 1.29 is 9.18 Å². The van der Waals surface area contributed by atoms with Crippen molar-refractivity contribution in [1.29, 1.82) is 0 Å². The molecule has 3 heteroatoms. The average molecular weight is 221 g/mol. The fraction of sp³-hybridized carbons (Fsp3) is 0.462. The van der Waals surface area contributed by atoms with E-state index in [0.29, 0.717) is 0 Å². The highest BCUT2D eigenvalue weighted by atomic mass is 19.1. The molecule has 2 rings (SSSR count). The predicted octanol–water partition coefficient (Wildman–Crippen LogP) is 2.84. The van der Waals surface area contributed by atoms with Crippen LogP contribution in [0.25, 0.3) is 0 Å². The molecule has 0 N–H and O–H groups in total. The van der Waals surface area contributed by atoms with Crippen molar-refractivity contribution in [3.05, 3.63) is 35.6 Å². The number of hydrogen-bond donors (Lipinski definition) is 0. The molecule has 1 aromatic rings. The summed E-state index contributed by atoms with van der Waals surface area (Å²) in [5.74, 6) is -0.586. The standard InChI is InChI=1S/C13H16FNO/c1-2-10-6-5-9-15(10)13(16)11-7-3-4-8-12(11)14/h3-4,7-8,10H,2,5-6,9H2,1H3. The molecule has 1 aliphatic rings. The lowest BCUT2D eigenvalue weighted by molar-refractivity contribution is 0.0729. The van der Waals surface area contributed by atoms with Gasteiger partial charge in [-0.25, -0.2) is 4.39 Å². The second kappa shape index (κ2) is 4.64. The van der Waals surface area contributed by atoms with E-state index in [2.05, 4.69) is 6.92 Å². The summed E-state index contributed by atoms with van der Waals surface area (Å²) in [5.41, 5.74) is 0.197. The first-order valence-corrected chi connectivity index (χ1v) is 5.79. The number of carbonyl (C=O) groups excluding carboxylic acids is 1. The van der Waals surface area contributed by atoms with Gasteiger partial charge in [0.2, 0.25) is 0 Å². The Kier molecular flexibility index (Phi) is 3.22. The van der Waals surface area contributed by atoms with Crippen LogP contribution in [0.5, 0.6) is 0 Å². The van der Waals surface area contributed by atoms with Gasteiger partial charge in [0.15, 0.2) is 0 Å². The van der Waals surface area contributed by atoms with Gasteiger partial charge < -0.3 is 4.90 Å². The van der Waals surface area contributed by atoms with Gasteiger partial charge in [0.05, 0.1) is 5.56 Å². The fourth-order valence-corrected chi connectivity index (χ4v) is 2.32. The van der Waals surface area contributed by atoms with Crippen molar-refractivity contribution in [3.8, 4) is 0 Å². The highest BCUT2D eigenvalue weighted by molar-refractivity contribution is 5.94. The van der Waals surface area contributed by atoms with Crippen LogP contribution in [0.2, 0.25) is 0 Å². The Labute approximate surface area is 95.1 Å². The van der Waals surface area contributed by atoms with E-state index < -0.39 is 5.82 Å². The lowest BCUT2D eigenvalue weighted by atomic mass is 10.1. The third-order valence-electron chi connectivity index (χ3n) is 3.21. The monoisotopic (exact) mass is 221 g/mol. The molecule has 1 saturated heterocycles. The van der Waals surface area contributed by atoms with Gasteiger partial charge in [0.1, 0.15) is 5.82 Å². The summed E-state index contributed by atoms with van der Waals surface area (Å²) in [6, 6.07) is 6.49. The summed E-state index contributed by atoms with van der Waals surface area (Å²) in [6.45, 7) is 2.82. The molecule has 1 unspecified atom stereocenters. The normalized spacial score (nSPS) is 20.1. The number of carbonyl (C=O) groups is 1. The maximum atomic E-state index is 13.5. The summed E-state index contributed by atoms with van der Waals surface area (Å²) in [4.78, 5) is 13.9. The molecule has 0 saturated carbocycles. The highest BCUT2D eigenvalue weighted by Crippen LogP contribution is 2.22. The number of nitrogens with zero attached hydrogens (tertiary/aromatic N) is 1. The molecule has 0 radical (unpaired) electrons. The number of benzene rings is 1. The number of hydrogen-bond acceptors (Lipinski definition) is 1. The van der Waals surface area contributed by atoms with Crippen molar-refractivity contribution in [2.75, 3.05) is 6.54 Å². The number of likely N-dealkylation sites (tertiary alicyclic amines) is 1. The number of rotatable bonds is 2. The van der Waals surface area contributed by atoms with Crippen LogP contribution in [0.1, 0.15) is 36.5 Å². The molecule has 16 heavy (non-hydrogen) atoms. The number of amides is 1. The first kappa shape index (κ1) is 11.1. The van der Waals surface area contributed by atoms with Gasteiger partial charge in [0, 0.05) is 12.6 Å². The van der Waals surface area contributed by atoms with E-state index in [1.165, 1.54) is 6.07 Å². The van der Waals surface area contributed by atoms with Crippen LogP contribution in [0.4, 0.5) is 4.39 Å². The zero-order chi connectivity index (χ0) is 11.5. The lowest BCUT2D eigenvalue weighted by Gasteiger charge is -2.23. The SMILES string of the molecule is CCC1CCCN1C(=O)c1ccccc1F. The molecule has 0 aromatic heterocycles. The van der Waals surface area contributed by atoms with E-state index in [4.69, 9.17) is 0 Å². The van der Waals surface area contributed by atoms with Crippen LogP contribution < -0.4 is 0 Å². The largest absolute Gasteiger partial charge is 0.336 e. The maximum absolute atomic E-state index is 13.5. The summed E-state index contributed by atoms with van der Waals surface area (Å²) < 4.78 is 13.5. The van der Waals surface area contributed by atoms with Gasteiger partial charge in [-0.2, -0.15) is 0 Å². The van der Waals surface area contributed by atoms with Crippen molar-refractivity contribution in [2.24, 2.45) is 0 Å². The second-order valence-corrected chi connectivity index (χ2v) is 4.18. The summed E-state index contributed by atoms with van der Waals surface area (Å²) in [6.07, 6.45) is 3.01. The third-order valence-corrected chi connectivity index (χ3v) is 3.21. The topological polar surface area (TPSA) is 20.3 Å². The Morgan fingerprint density at radius 2 is 2.25 bits per heavy atom. The number of halogens is 1. The third kappa shape index (κ3) is 1.94. The van der Waals surface area contributed by atoms with Gasteiger partial charge in [0.25, 0.3) is 5.91 Å². The summed E-state index contributed by atoms with van der Waals surface area (Å²) in [7, 11) is 0. The second-order valence-electron chi connectivity index (χ2n) is 4.18. The molecule has 1 heterocycles. The van der Waals surface area contributed by atoms with E-state index in [0.717, 1.165) is 25.8 Å². The molecule has 1 amide bonds. The lowest BCUT2D eigenvalue weighted by Crippen LogP contribution is -2.35. The molecule has 86 valence electrons. The van der Waals surface area contributed by atoms with Crippen LogP contribution in [-0.4, -0.2) is 23.4 Å². The van der Waals surface area contributed by atoms with E-state index in [1.54, 1.807) is 23.1 Å². The minimum Gasteiger partial charge on any atom is -0.336 e. The molecule has 2 nitrogen and oxygen atoms in total. The fourth-order valence-electron chi connectivity index (χ4n) is 2.32. The first-order valence-electron chi connectivity index (χ1n) is 5.79. The quantitative estimate of drug-likeness (QED) is 0.752. The maximum Gasteiger partial charge on any atom is 0.257 e. The van der Waals surface area contributed by atoms with E-state index in [1.807, 2.05) is 0 Å². The van der Waals surface area contributed by atoms with Gasteiger partial charge in [-0.05, 0) is 31.4 Å². The van der Waals surface area contributed by atoms with Crippen LogP contribution in [-0.2, 0) is 0 Å². The Balaban J connectivity index is 2.22. The molecule has 0 bridgehead atoms. The van der Waals surface area contributed by atoms with Gasteiger partial charge in [-0.3, -0.25) is 4.79 Å². The van der Waals surface area contributed by atoms with Crippen molar-refractivity contribution in [3.63, 3.8) is 0 Å². The molecular weight excluding hydrogens is 205 g/mol. The van der Waals surface area contributed by atoms with Crippen molar-refractivity contribution in [1.82, 2.24) is 4.90 Å². The minimum atomic E-state index is -0.422. The summed E-state index contributed by atoms with van der Waals surface area (Å²) >= 11 is 0. The van der Waals surface area contributed by atoms with E-state index in [9.17, 15) is 9.18 Å². The Bertz CT molecular complexity index is 391.